The summed E-state index contributed by atoms with van der Waals surface area (Å²) in [6.07, 6.45) is 7.42. The predicted octanol–water partition coefficient (Wildman–Crippen LogP) is 3.50. The van der Waals surface area contributed by atoms with Crippen LogP contribution in [-0.4, -0.2) is 103 Å². The Morgan fingerprint density at radius 2 is 1.88 bits per heavy atom. The number of aromatic amines is 1. The first kappa shape index (κ1) is 28.4. The third-order valence-corrected chi connectivity index (χ3v) is 8.57. The van der Waals surface area contributed by atoms with Crippen LogP contribution >= 0.6 is 15.9 Å². The van der Waals surface area contributed by atoms with Crippen molar-refractivity contribution in [1.29, 1.82) is 0 Å². The Labute approximate surface area is 245 Å². The number of aliphatic imine (C=N–C) groups is 1. The highest BCUT2D eigenvalue weighted by Gasteiger charge is 2.21. The molecule has 2 aliphatic heterocycles. The number of pyridine rings is 1. The number of amidine groups is 1. The summed E-state index contributed by atoms with van der Waals surface area (Å²) in [6, 6.07) is 9.16. The van der Waals surface area contributed by atoms with Gasteiger partial charge in [0.25, 0.3) is 0 Å². The van der Waals surface area contributed by atoms with Crippen molar-refractivity contribution in [3.05, 3.63) is 47.2 Å². The Balaban J connectivity index is 1.19. The molecule has 5 rings (SSSR count). The Kier molecular flexibility index (Phi) is 9.56. The van der Waals surface area contributed by atoms with Crippen molar-refractivity contribution in [1.82, 2.24) is 30.1 Å². The van der Waals surface area contributed by atoms with Crippen LogP contribution in [0.3, 0.4) is 0 Å². The summed E-state index contributed by atoms with van der Waals surface area (Å²) in [4.78, 5) is 24.6. The smallest absolute Gasteiger partial charge is 0.180 e. The van der Waals surface area contributed by atoms with E-state index in [1.54, 1.807) is 13.1 Å². The number of anilines is 2. The fraction of sp³-hybridized carbons (Fsp3) is 0.483. The molecule has 0 bridgehead atoms. The molecular formula is C29H41BrN10. The lowest BCUT2D eigenvalue weighted by Crippen LogP contribution is -2.48. The molecule has 0 saturated carbocycles. The zero-order valence-electron chi connectivity index (χ0n) is 23.5. The quantitative estimate of drug-likeness (QED) is 0.216. The molecule has 5 N–H and O–H groups in total. The normalized spacial score (nSPS) is 18.2. The summed E-state index contributed by atoms with van der Waals surface area (Å²) in [5.41, 5.74) is 10.5. The van der Waals surface area contributed by atoms with Crippen LogP contribution in [0.25, 0.3) is 22.6 Å². The highest BCUT2D eigenvalue weighted by Crippen LogP contribution is 2.33. The zero-order chi connectivity index (χ0) is 27.9. The second-order valence-corrected chi connectivity index (χ2v) is 11.2. The minimum Gasteiger partial charge on any atom is -0.404 e. The predicted molar refractivity (Wildman–Crippen MR) is 169 cm³/mol. The molecule has 40 heavy (non-hydrogen) atoms. The maximum atomic E-state index is 5.47. The SMILES string of the molecule is CCN1CCC(Nc2c(Br)cnc3nc(-c4ccc(N5CCN(CCNC(C=CN)=NC)CC5)cc4)[nH]c23)CC1. The van der Waals surface area contributed by atoms with Gasteiger partial charge in [-0.3, -0.25) is 9.89 Å². The van der Waals surface area contributed by atoms with E-state index >= 15 is 0 Å². The Bertz CT molecular complexity index is 1300. The highest BCUT2D eigenvalue weighted by atomic mass is 79.9. The van der Waals surface area contributed by atoms with Crippen LogP contribution in [0.2, 0.25) is 0 Å². The van der Waals surface area contributed by atoms with Gasteiger partial charge in [-0.25, -0.2) is 9.97 Å². The average Bonchev–Trinajstić information content (AvgIpc) is 3.44. The summed E-state index contributed by atoms with van der Waals surface area (Å²) >= 11 is 3.71. The molecule has 3 aromatic rings. The van der Waals surface area contributed by atoms with E-state index in [9.17, 15) is 0 Å². The lowest BCUT2D eigenvalue weighted by molar-refractivity contribution is 0.229. The number of H-pyrrole nitrogens is 1. The monoisotopic (exact) mass is 608 g/mol. The van der Waals surface area contributed by atoms with E-state index in [2.05, 4.69) is 87.4 Å². The molecule has 2 saturated heterocycles. The number of hydrogen-bond donors (Lipinski definition) is 4. The fourth-order valence-electron chi connectivity index (χ4n) is 5.51. The van der Waals surface area contributed by atoms with Gasteiger partial charge in [0.05, 0.1) is 10.2 Å². The molecule has 11 heteroatoms. The number of likely N-dealkylation sites (tertiary alicyclic amines) is 1. The van der Waals surface area contributed by atoms with Crippen molar-refractivity contribution in [2.24, 2.45) is 10.7 Å². The van der Waals surface area contributed by atoms with Gasteiger partial charge in [-0.2, -0.15) is 0 Å². The minimum atomic E-state index is 0.448. The van der Waals surface area contributed by atoms with Gasteiger partial charge in [0, 0.05) is 82.9 Å². The van der Waals surface area contributed by atoms with E-state index in [4.69, 9.17) is 10.7 Å². The number of imidazole rings is 1. The largest absolute Gasteiger partial charge is 0.404 e. The number of nitrogens with one attached hydrogen (secondary N) is 3. The first-order valence-electron chi connectivity index (χ1n) is 14.3. The molecule has 0 aliphatic carbocycles. The number of rotatable bonds is 9. The number of benzene rings is 1. The van der Waals surface area contributed by atoms with E-state index in [-0.39, 0.29) is 0 Å². The van der Waals surface area contributed by atoms with Gasteiger partial charge >= 0.3 is 0 Å². The molecule has 10 nitrogen and oxygen atoms in total. The fourth-order valence-corrected chi connectivity index (χ4v) is 5.93. The number of nitrogens with two attached hydrogens (primary N) is 1. The number of hydrogen-bond acceptors (Lipinski definition) is 8. The van der Waals surface area contributed by atoms with E-state index in [0.29, 0.717) is 6.04 Å². The molecule has 2 fully saturated rings. The van der Waals surface area contributed by atoms with Crippen LogP contribution in [0.1, 0.15) is 19.8 Å². The van der Waals surface area contributed by atoms with Crippen molar-refractivity contribution >= 4 is 44.3 Å². The summed E-state index contributed by atoms with van der Waals surface area (Å²) in [7, 11) is 1.77. The number of aromatic nitrogens is 3. The summed E-state index contributed by atoms with van der Waals surface area (Å²) in [5.74, 6) is 1.65. The van der Waals surface area contributed by atoms with E-state index in [1.807, 2.05) is 6.20 Å². The zero-order valence-corrected chi connectivity index (χ0v) is 25.1. The van der Waals surface area contributed by atoms with Crippen LogP contribution in [0.15, 0.2) is 52.2 Å². The van der Waals surface area contributed by atoms with Crippen molar-refractivity contribution in [3.63, 3.8) is 0 Å². The molecule has 1 aromatic carbocycles. The maximum absolute atomic E-state index is 5.47. The molecular weight excluding hydrogens is 568 g/mol. The summed E-state index contributed by atoms with van der Waals surface area (Å²) in [6.45, 7) is 11.5. The Morgan fingerprint density at radius 3 is 2.55 bits per heavy atom. The summed E-state index contributed by atoms with van der Waals surface area (Å²) in [5, 5.41) is 7.10. The van der Waals surface area contributed by atoms with Crippen molar-refractivity contribution in [3.8, 4) is 11.4 Å². The number of halogens is 1. The van der Waals surface area contributed by atoms with Gasteiger partial charge in [0.1, 0.15) is 17.2 Å². The third kappa shape index (κ3) is 6.76. The number of fused-ring (bicyclic) bond motifs is 1. The molecule has 0 unspecified atom stereocenters. The molecule has 4 heterocycles. The first-order chi connectivity index (χ1) is 19.6. The second-order valence-electron chi connectivity index (χ2n) is 10.4. The van der Waals surface area contributed by atoms with E-state index in [0.717, 1.165) is 110 Å². The lowest BCUT2D eigenvalue weighted by atomic mass is 10.0. The topological polar surface area (TPSA) is 114 Å². The van der Waals surface area contributed by atoms with E-state index < -0.39 is 0 Å². The number of piperazine rings is 1. The molecule has 0 radical (unpaired) electrons. The van der Waals surface area contributed by atoms with E-state index in [1.165, 1.54) is 11.9 Å². The van der Waals surface area contributed by atoms with Crippen LogP contribution in [-0.2, 0) is 0 Å². The molecule has 0 atom stereocenters. The standard InChI is InChI=1S/C29H41BrN10/c1-3-38-13-9-22(10-14-38)35-26-24(30)20-34-29-27(26)36-28(37-29)21-4-6-23(7-5-21)40-18-16-39(17-19-40)15-12-33-25(32-2)8-11-31/h4-8,11,20,22H,3,9-10,12-19,31H2,1-2H3,(H,32,33)(H2,34,35,36,37). The van der Waals surface area contributed by atoms with Crippen LogP contribution in [0.4, 0.5) is 11.4 Å². The van der Waals surface area contributed by atoms with Crippen molar-refractivity contribution < 1.29 is 0 Å². The van der Waals surface area contributed by atoms with Gasteiger partial charge in [0.15, 0.2) is 5.65 Å². The van der Waals surface area contributed by atoms with Crippen LogP contribution in [0.5, 0.6) is 0 Å². The average molecular weight is 610 g/mol. The molecule has 0 amide bonds. The maximum Gasteiger partial charge on any atom is 0.180 e. The molecule has 214 valence electrons. The Morgan fingerprint density at radius 1 is 1.12 bits per heavy atom. The second kappa shape index (κ2) is 13.5. The Hall–Kier alpha value is -3.15. The first-order valence-corrected chi connectivity index (χ1v) is 15.1. The van der Waals surface area contributed by atoms with Crippen molar-refractivity contribution in [2.45, 2.75) is 25.8 Å². The van der Waals surface area contributed by atoms with Gasteiger partial charge in [-0.05, 0) is 71.9 Å². The number of nitrogens with zero attached hydrogens (tertiary/aromatic N) is 6. The van der Waals surface area contributed by atoms with Gasteiger partial charge < -0.3 is 31.2 Å². The van der Waals surface area contributed by atoms with Crippen LogP contribution in [0, 0.1) is 0 Å². The summed E-state index contributed by atoms with van der Waals surface area (Å²) < 4.78 is 0.963. The highest BCUT2D eigenvalue weighted by molar-refractivity contribution is 9.10. The van der Waals surface area contributed by atoms with Gasteiger partial charge in [-0.15, -0.1) is 0 Å². The third-order valence-electron chi connectivity index (χ3n) is 7.96. The molecule has 2 aliphatic rings. The van der Waals surface area contributed by atoms with Gasteiger partial charge in [0.2, 0.25) is 0 Å². The van der Waals surface area contributed by atoms with Gasteiger partial charge in [-0.1, -0.05) is 6.92 Å². The lowest BCUT2D eigenvalue weighted by Gasteiger charge is -2.36. The minimum absolute atomic E-state index is 0.448. The van der Waals surface area contributed by atoms with Crippen LogP contribution < -0.4 is 21.3 Å². The number of piperidine rings is 1. The van der Waals surface area contributed by atoms with Crippen molar-refractivity contribution in [2.75, 3.05) is 76.2 Å². The molecule has 2 aromatic heterocycles. The molecule has 0 spiro atoms.